The third-order valence-electron chi connectivity index (χ3n) is 4.20. The van der Waals surface area contributed by atoms with Crippen LogP contribution in [0.3, 0.4) is 0 Å². The lowest BCUT2D eigenvalue weighted by atomic mass is 10.1. The Morgan fingerprint density at radius 3 is 2.62 bits per heavy atom. The van der Waals surface area contributed by atoms with E-state index in [4.69, 9.17) is 5.84 Å². The van der Waals surface area contributed by atoms with Crippen LogP contribution in [0, 0.1) is 0 Å². The minimum absolute atomic E-state index is 0.0881. The van der Waals surface area contributed by atoms with Gasteiger partial charge in [-0.05, 0) is 37.8 Å². The summed E-state index contributed by atoms with van der Waals surface area (Å²) in [5.74, 6) is 6.37. The number of nitrogens with two attached hydrogens (primary N) is 1. The van der Waals surface area contributed by atoms with Crippen molar-refractivity contribution < 1.29 is 4.79 Å². The van der Waals surface area contributed by atoms with E-state index < -0.39 is 0 Å². The molecule has 0 bridgehead atoms. The number of nitrogens with zero attached hydrogens (tertiary/aromatic N) is 2. The summed E-state index contributed by atoms with van der Waals surface area (Å²) in [6, 6.07) is 4.02. The van der Waals surface area contributed by atoms with Gasteiger partial charge in [-0.2, -0.15) is 0 Å². The van der Waals surface area contributed by atoms with Crippen molar-refractivity contribution in [3.05, 3.63) is 23.4 Å². The summed E-state index contributed by atoms with van der Waals surface area (Å²) in [5.41, 5.74) is 4.12. The van der Waals surface area contributed by atoms with Crippen molar-refractivity contribution in [2.24, 2.45) is 5.84 Å². The first-order valence-corrected chi connectivity index (χ1v) is 7.86. The normalized spacial score (nSPS) is 15.5. The topological polar surface area (TPSA) is 71.2 Å². The van der Waals surface area contributed by atoms with Crippen LogP contribution in [0.2, 0.25) is 0 Å². The smallest absolute Gasteiger partial charge is 0.254 e. The average Bonchev–Trinajstić information content (AvgIpc) is 3.01. The van der Waals surface area contributed by atoms with Crippen LogP contribution in [0.5, 0.6) is 0 Å². The number of hydrogen-bond acceptors (Lipinski definition) is 4. The third-order valence-corrected chi connectivity index (χ3v) is 4.20. The number of amides is 1. The molecule has 0 aromatic carbocycles. The molecular weight excluding hydrogens is 264 g/mol. The summed E-state index contributed by atoms with van der Waals surface area (Å²) in [6.45, 7) is 6.91. The fraction of sp³-hybridized carbons (Fsp3) is 0.625. The molecule has 1 aliphatic rings. The maximum Gasteiger partial charge on any atom is 0.254 e. The number of nitrogen functional groups attached to an aromatic ring is 1. The number of anilines is 1. The lowest BCUT2D eigenvalue weighted by molar-refractivity contribution is 0.0693. The second-order valence-electron chi connectivity index (χ2n) is 5.99. The van der Waals surface area contributed by atoms with Gasteiger partial charge < -0.3 is 10.3 Å². The number of nitrogens with one attached hydrogen (secondary N) is 1. The number of hydrogen-bond donors (Lipinski definition) is 2. The Bertz CT molecular complexity index is 495. The molecule has 21 heavy (non-hydrogen) atoms. The highest BCUT2D eigenvalue weighted by Crippen LogP contribution is 2.26. The molecule has 0 spiro atoms. The number of hydrazine groups is 1. The van der Waals surface area contributed by atoms with E-state index in [-0.39, 0.29) is 11.8 Å². The minimum atomic E-state index is 0.0881. The van der Waals surface area contributed by atoms with Crippen LogP contribution in [-0.4, -0.2) is 28.4 Å². The number of rotatable bonds is 5. The second-order valence-corrected chi connectivity index (χ2v) is 5.99. The van der Waals surface area contributed by atoms with Gasteiger partial charge in [0.05, 0.1) is 0 Å². The van der Waals surface area contributed by atoms with Gasteiger partial charge >= 0.3 is 0 Å². The highest BCUT2D eigenvalue weighted by Gasteiger charge is 2.26. The highest BCUT2D eigenvalue weighted by molar-refractivity contribution is 5.95. The van der Waals surface area contributed by atoms with Gasteiger partial charge in [0, 0.05) is 23.8 Å². The van der Waals surface area contributed by atoms with E-state index in [1.165, 1.54) is 12.8 Å². The molecule has 0 radical (unpaired) electrons. The zero-order valence-corrected chi connectivity index (χ0v) is 13.2. The van der Waals surface area contributed by atoms with Crippen LogP contribution in [-0.2, 0) is 0 Å². The maximum absolute atomic E-state index is 12.8. The Balaban J connectivity index is 2.30. The van der Waals surface area contributed by atoms with E-state index in [0.29, 0.717) is 17.4 Å². The van der Waals surface area contributed by atoms with Gasteiger partial charge in [0.2, 0.25) is 0 Å². The first-order valence-electron chi connectivity index (χ1n) is 7.86. The van der Waals surface area contributed by atoms with Crippen molar-refractivity contribution in [2.45, 2.75) is 58.4 Å². The number of carbonyl (C=O) groups excluding carboxylic acids is 1. The van der Waals surface area contributed by atoms with Gasteiger partial charge in [0.15, 0.2) is 0 Å². The van der Waals surface area contributed by atoms with E-state index in [0.717, 1.165) is 25.1 Å². The molecular formula is C16H26N4O. The number of aromatic nitrogens is 1. The molecule has 1 aromatic heterocycles. The van der Waals surface area contributed by atoms with Crippen LogP contribution in [0.4, 0.5) is 5.82 Å². The third kappa shape index (κ3) is 3.53. The minimum Gasteiger partial charge on any atom is -0.336 e. The second kappa shape index (κ2) is 6.89. The van der Waals surface area contributed by atoms with Gasteiger partial charge in [-0.3, -0.25) is 4.79 Å². The van der Waals surface area contributed by atoms with Gasteiger partial charge in [0.1, 0.15) is 5.82 Å². The van der Waals surface area contributed by atoms with E-state index in [1.807, 2.05) is 17.9 Å². The predicted molar refractivity (Wildman–Crippen MR) is 85.1 cm³/mol. The van der Waals surface area contributed by atoms with E-state index in [2.05, 4.69) is 24.3 Å². The quantitative estimate of drug-likeness (QED) is 0.646. The molecule has 5 nitrogen and oxygen atoms in total. The Morgan fingerprint density at radius 2 is 2.10 bits per heavy atom. The van der Waals surface area contributed by atoms with Gasteiger partial charge in [-0.15, -0.1) is 0 Å². The zero-order chi connectivity index (χ0) is 15.4. The molecule has 1 saturated carbocycles. The number of carbonyl (C=O) groups is 1. The van der Waals surface area contributed by atoms with Crippen LogP contribution in [0.15, 0.2) is 12.1 Å². The predicted octanol–water partition coefficient (Wildman–Crippen LogP) is 2.90. The molecule has 1 aliphatic carbocycles. The van der Waals surface area contributed by atoms with Crippen LogP contribution >= 0.6 is 0 Å². The summed E-state index contributed by atoms with van der Waals surface area (Å²) in [4.78, 5) is 19.2. The Morgan fingerprint density at radius 1 is 1.43 bits per heavy atom. The molecule has 5 heteroatoms. The Kier molecular flexibility index (Phi) is 5.17. The van der Waals surface area contributed by atoms with Crippen molar-refractivity contribution in [1.82, 2.24) is 9.88 Å². The number of pyridine rings is 1. The maximum atomic E-state index is 12.8. The zero-order valence-electron chi connectivity index (χ0n) is 13.2. The summed E-state index contributed by atoms with van der Waals surface area (Å²) >= 11 is 0. The standard InChI is InChI=1S/C16H26N4O/c1-4-20(13-7-5-6-8-13)16(21)12-9-14(11(2)3)18-15(10-12)19-17/h9-11,13H,4-8,17H2,1-3H3,(H,18,19). The molecule has 0 aliphatic heterocycles. The molecule has 116 valence electrons. The Labute approximate surface area is 126 Å². The molecule has 1 heterocycles. The molecule has 2 rings (SSSR count). The van der Waals surface area contributed by atoms with Crippen molar-refractivity contribution in [2.75, 3.05) is 12.0 Å². The molecule has 1 fully saturated rings. The summed E-state index contributed by atoms with van der Waals surface area (Å²) in [7, 11) is 0. The molecule has 0 atom stereocenters. The molecule has 0 unspecified atom stereocenters. The van der Waals surface area contributed by atoms with Crippen molar-refractivity contribution in [3.8, 4) is 0 Å². The van der Waals surface area contributed by atoms with Crippen molar-refractivity contribution >= 4 is 11.7 Å². The largest absolute Gasteiger partial charge is 0.336 e. The average molecular weight is 290 g/mol. The first-order chi connectivity index (χ1) is 10.1. The van der Waals surface area contributed by atoms with Crippen LogP contribution in [0.25, 0.3) is 0 Å². The fourth-order valence-corrected chi connectivity index (χ4v) is 2.99. The van der Waals surface area contributed by atoms with Gasteiger partial charge in [-0.25, -0.2) is 10.8 Å². The van der Waals surface area contributed by atoms with Crippen LogP contribution in [0.1, 0.15) is 68.4 Å². The summed E-state index contributed by atoms with van der Waals surface area (Å²) in [6.07, 6.45) is 4.67. The molecule has 1 aromatic rings. The monoisotopic (exact) mass is 290 g/mol. The first kappa shape index (κ1) is 15.8. The Hall–Kier alpha value is -1.62. The van der Waals surface area contributed by atoms with Gasteiger partial charge in [0.25, 0.3) is 5.91 Å². The summed E-state index contributed by atoms with van der Waals surface area (Å²) < 4.78 is 0. The fourth-order valence-electron chi connectivity index (χ4n) is 2.99. The lowest BCUT2D eigenvalue weighted by Crippen LogP contribution is -2.38. The SMILES string of the molecule is CCN(C(=O)c1cc(NN)nc(C(C)C)c1)C1CCCC1. The van der Waals surface area contributed by atoms with E-state index >= 15 is 0 Å². The van der Waals surface area contributed by atoms with Gasteiger partial charge in [-0.1, -0.05) is 26.7 Å². The highest BCUT2D eigenvalue weighted by atomic mass is 16.2. The molecule has 1 amide bonds. The van der Waals surface area contributed by atoms with E-state index in [1.54, 1.807) is 6.07 Å². The molecule has 3 N–H and O–H groups in total. The lowest BCUT2D eigenvalue weighted by Gasteiger charge is -2.28. The summed E-state index contributed by atoms with van der Waals surface area (Å²) in [5, 5.41) is 0. The van der Waals surface area contributed by atoms with Crippen LogP contribution < -0.4 is 11.3 Å². The van der Waals surface area contributed by atoms with Crippen molar-refractivity contribution in [1.29, 1.82) is 0 Å². The van der Waals surface area contributed by atoms with Crippen molar-refractivity contribution in [3.63, 3.8) is 0 Å². The van der Waals surface area contributed by atoms with E-state index in [9.17, 15) is 4.79 Å². The molecule has 0 saturated heterocycles.